The third-order valence-electron chi connectivity index (χ3n) is 10.0. The van der Waals surface area contributed by atoms with E-state index in [-0.39, 0.29) is 0 Å². The number of furan rings is 1. The summed E-state index contributed by atoms with van der Waals surface area (Å²) in [7, 11) is 0. The van der Waals surface area contributed by atoms with Crippen LogP contribution in [0.1, 0.15) is 0 Å². The number of aromatic nitrogens is 3. The van der Waals surface area contributed by atoms with Gasteiger partial charge in [0.15, 0.2) is 5.82 Å². The van der Waals surface area contributed by atoms with Crippen molar-refractivity contribution in [3.63, 3.8) is 0 Å². The van der Waals surface area contributed by atoms with Gasteiger partial charge in [-0.05, 0) is 65.7 Å². The Morgan fingerprint density at radius 2 is 1.16 bits per heavy atom. The third kappa shape index (κ3) is 4.32. The molecule has 0 spiro atoms. The molecule has 0 amide bonds. The fraction of sp³-hybridized carbons (Fsp3) is 0. The summed E-state index contributed by atoms with van der Waals surface area (Å²) in [5, 5.41) is 6.77. The van der Waals surface area contributed by atoms with Crippen molar-refractivity contribution in [2.45, 2.75) is 0 Å². The van der Waals surface area contributed by atoms with Crippen molar-refractivity contribution in [1.29, 1.82) is 0 Å². The Morgan fingerprint density at radius 1 is 0.490 bits per heavy atom. The van der Waals surface area contributed by atoms with Crippen LogP contribution in [0.15, 0.2) is 168 Å². The number of thiophene rings is 1. The molecule has 51 heavy (non-hydrogen) atoms. The van der Waals surface area contributed by atoms with Gasteiger partial charge in [0.05, 0.1) is 22.1 Å². The Bertz CT molecular complexity index is 3140. The van der Waals surface area contributed by atoms with E-state index < -0.39 is 0 Å². The van der Waals surface area contributed by atoms with E-state index in [1.165, 1.54) is 36.7 Å². The summed E-state index contributed by atoms with van der Waals surface area (Å²) in [4.78, 5) is 10.6. The molecule has 5 heteroatoms. The molecule has 7 aromatic carbocycles. The third-order valence-corrected chi connectivity index (χ3v) is 11.3. The Balaban J connectivity index is 1.19. The molecule has 0 aliphatic heterocycles. The molecular formula is C46H27N3OS. The number of hydrogen-bond donors (Lipinski definition) is 0. The zero-order chi connectivity index (χ0) is 33.5. The second-order valence-electron chi connectivity index (χ2n) is 13.0. The minimum Gasteiger partial charge on any atom is -0.438 e. The first-order valence-electron chi connectivity index (χ1n) is 17.1. The highest BCUT2D eigenvalue weighted by molar-refractivity contribution is 7.26. The van der Waals surface area contributed by atoms with Gasteiger partial charge in [0.25, 0.3) is 0 Å². The van der Waals surface area contributed by atoms with Gasteiger partial charge < -0.3 is 8.98 Å². The smallest absolute Gasteiger partial charge is 0.231 e. The van der Waals surface area contributed by atoms with Crippen molar-refractivity contribution in [2.24, 2.45) is 0 Å². The molecule has 11 rings (SSSR count). The molecule has 0 aliphatic rings. The largest absolute Gasteiger partial charge is 0.438 e. The minimum atomic E-state index is 0.590. The summed E-state index contributed by atoms with van der Waals surface area (Å²) < 4.78 is 11.3. The molecule has 0 radical (unpaired) electrons. The fourth-order valence-corrected chi connectivity index (χ4v) is 8.93. The Hall–Kier alpha value is -6.56. The zero-order valence-electron chi connectivity index (χ0n) is 27.2. The van der Waals surface area contributed by atoms with E-state index in [0.717, 1.165) is 55.3 Å². The van der Waals surface area contributed by atoms with Gasteiger partial charge in [0.1, 0.15) is 5.58 Å². The highest BCUT2D eigenvalue weighted by Crippen LogP contribution is 2.44. The van der Waals surface area contributed by atoms with Crippen molar-refractivity contribution in [3.8, 4) is 39.5 Å². The lowest BCUT2D eigenvalue weighted by Crippen LogP contribution is -1.95. The summed E-state index contributed by atoms with van der Waals surface area (Å²) in [6.07, 6.45) is 0. The SMILES string of the molecule is c1ccc(-c2ccc3c(c2)c2cc(-c4nc(-c5cccc6c5sc5ccccc56)c5c(n4)oc4ccccc45)ccc2n3-c2ccccc2)cc1. The molecule has 238 valence electrons. The van der Waals surface area contributed by atoms with E-state index in [2.05, 4.69) is 156 Å². The molecule has 0 aliphatic carbocycles. The van der Waals surface area contributed by atoms with Crippen LogP contribution >= 0.6 is 11.3 Å². The Morgan fingerprint density at radius 3 is 1.98 bits per heavy atom. The molecule has 0 saturated carbocycles. The summed E-state index contributed by atoms with van der Waals surface area (Å²) in [6.45, 7) is 0. The lowest BCUT2D eigenvalue weighted by atomic mass is 10.0. The maximum atomic E-state index is 6.48. The van der Waals surface area contributed by atoms with Gasteiger partial charge in [-0.3, -0.25) is 0 Å². The van der Waals surface area contributed by atoms with Gasteiger partial charge in [0, 0.05) is 53.1 Å². The predicted molar refractivity (Wildman–Crippen MR) is 213 cm³/mol. The van der Waals surface area contributed by atoms with Crippen molar-refractivity contribution in [2.75, 3.05) is 0 Å². The van der Waals surface area contributed by atoms with Crippen molar-refractivity contribution >= 4 is 75.4 Å². The highest BCUT2D eigenvalue weighted by atomic mass is 32.1. The molecule has 11 aromatic rings. The normalized spacial score (nSPS) is 11.9. The molecule has 0 fully saturated rings. The molecule has 0 N–H and O–H groups in total. The second kappa shape index (κ2) is 11.0. The van der Waals surface area contributed by atoms with Crippen LogP contribution in [0.4, 0.5) is 0 Å². The van der Waals surface area contributed by atoms with E-state index in [0.29, 0.717) is 11.5 Å². The van der Waals surface area contributed by atoms with Gasteiger partial charge >= 0.3 is 0 Å². The van der Waals surface area contributed by atoms with Gasteiger partial charge in [0.2, 0.25) is 5.71 Å². The molecule has 0 bridgehead atoms. The molecule has 0 unspecified atom stereocenters. The number of hydrogen-bond acceptors (Lipinski definition) is 4. The topological polar surface area (TPSA) is 43.9 Å². The molecule has 4 nitrogen and oxygen atoms in total. The number of benzene rings is 7. The standard InChI is InChI=1S/C46H27N3OS/c1-3-12-28(13-4-1)29-22-24-38-36(26-29)37-27-30(23-25-39(37)49(38)31-14-5-2-6-15-31)45-47-43(42-34-17-7-9-20-40(34)50-46(42)48-45)35-19-11-18-33-32-16-8-10-21-41(32)51-44(33)35/h1-27H. The first-order chi connectivity index (χ1) is 25.3. The molecule has 4 aromatic heterocycles. The Kier molecular flexibility index (Phi) is 6.09. The Labute approximate surface area is 296 Å². The van der Waals surface area contributed by atoms with Crippen molar-refractivity contribution in [1.82, 2.24) is 14.5 Å². The summed E-state index contributed by atoms with van der Waals surface area (Å²) in [6, 6.07) is 57.8. The van der Waals surface area contributed by atoms with Gasteiger partial charge in [-0.1, -0.05) is 109 Å². The lowest BCUT2D eigenvalue weighted by molar-refractivity contribution is 0.653. The molecular weight excluding hydrogens is 643 g/mol. The van der Waals surface area contributed by atoms with E-state index in [1.54, 1.807) is 0 Å². The van der Waals surface area contributed by atoms with Crippen LogP contribution in [0.25, 0.3) is 104 Å². The quantitative estimate of drug-likeness (QED) is 0.187. The molecule has 0 saturated heterocycles. The number of para-hydroxylation sites is 2. The van der Waals surface area contributed by atoms with Crippen molar-refractivity contribution < 1.29 is 4.42 Å². The summed E-state index contributed by atoms with van der Waals surface area (Å²) in [5.41, 5.74) is 10.1. The van der Waals surface area contributed by atoms with Crippen LogP contribution in [0.3, 0.4) is 0 Å². The second-order valence-corrected chi connectivity index (χ2v) is 14.0. The zero-order valence-corrected chi connectivity index (χ0v) is 28.1. The van der Waals surface area contributed by atoms with Gasteiger partial charge in [-0.25, -0.2) is 4.98 Å². The highest BCUT2D eigenvalue weighted by Gasteiger charge is 2.22. The summed E-state index contributed by atoms with van der Waals surface area (Å²) >= 11 is 1.81. The fourth-order valence-electron chi connectivity index (χ4n) is 7.71. The van der Waals surface area contributed by atoms with E-state index >= 15 is 0 Å². The first-order valence-corrected chi connectivity index (χ1v) is 17.9. The van der Waals surface area contributed by atoms with Crippen LogP contribution in [0.5, 0.6) is 0 Å². The monoisotopic (exact) mass is 669 g/mol. The van der Waals surface area contributed by atoms with E-state index in [9.17, 15) is 0 Å². The van der Waals surface area contributed by atoms with Gasteiger partial charge in [-0.15, -0.1) is 11.3 Å². The minimum absolute atomic E-state index is 0.590. The van der Waals surface area contributed by atoms with Crippen LogP contribution in [0.2, 0.25) is 0 Å². The average Bonchev–Trinajstić information content (AvgIpc) is 3.87. The maximum Gasteiger partial charge on any atom is 0.231 e. The van der Waals surface area contributed by atoms with Crippen LogP contribution in [0, 0.1) is 0 Å². The van der Waals surface area contributed by atoms with E-state index in [1.807, 2.05) is 23.5 Å². The first kappa shape index (κ1) is 28.3. The van der Waals surface area contributed by atoms with Crippen LogP contribution in [-0.4, -0.2) is 14.5 Å². The van der Waals surface area contributed by atoms with E-state index in [4.69, 9.17) is 14.4 Å². The maximum absolute atomic E-state index is 6.48. The number of fused-ring (bicyclic) bond motifs is 9. The lowest BCUT2D eigenvalue weighted by Gasteiger charge is -2.09. The van der Waals surface area contributed by atoms with Crippen molar-refractivity contribution in [3.05, 3.63) is 164 Å². The predicted octanol–water partition coefficient (Wildman–Crippen LogP) is 12.8. The average molecular weight is 670 g/mol. The van der Waals surface area contributed by atoms with Gasteiger partial charge in [-0.2, -0.15) is 4.98 Å². The number of nitrogens with zero attached hydrogens (tertiary/aromatic N) is 3. The van der Waals surface area contributed by atoms with Crippen LogP contribution in [-0.2, 0) is 0 Å². The molecule has 0 atom stereocenters. The number of rotatable bonds is 4. The van der Waals surface area contributed by atoms with Crippen LogP contribution < -0.4 is 0 Å². The molecule has 4 heterocycles. The summed E-state index contributed by atoms with van der Waals surface area (Å²) in [5.74, 6) is 0.636.